The van der Waals surface area contributed by atoms with Crippen LogP contribution in [0.1, 0.15) is 44.7 Å². The van der Waals surface area contributed by atoms with Crippen LogP contribution >= 0.6 is 0 Å². The average Bonchev–Trinajstić information content (AvgIpc) is 2.79. The van der Waals surface area contributed by atoms with Crippen molar-refractivity contribution in [1.82, 2.24) is 14.9 Å². The number of amides is 1. The van der Waals surface area contributed by atoms with E-state index in [2.05, 4.69) is 15.2 Å². The Morgan fingerprint density at radius 3 is 2.48 bits per heavy atom. The van der Waals surface area contributed by atoms with E-state index in [0.717, 1.165) is 36.3 Å². The highest BCUT2D eigenvalue weighted by molar-refractivity contribution is 5.81. The second-order valence-electron chi connectivity index (χ2n) is 8.56. The van der Waals surface area contributed by atoms with Gasteiger partial charge in [0.25, 0.3) is 5.91 Å². The minimum atomic E-state index is -0.499. The first-order valence-electron chi connectivity index (χ1n) is 11.5. The van der Waals surface area contributed by atoms with Gasteiger partial charge in [-0.1, -0.05) is 37.5 Å². The van der Waals surface area contributed by atoms with Gasteiger partial charge in [-0.05, 0) is 38.8 Å². The molecule has 2 aromatic rings. The molecule has 1 unspecified atom stereocenters. The number of aryl methyl sites for hydroxylation is 1. The van der Waals surface area contributed by atoms with Gasteiger partial charge in [0.05, 0.1) is 0 Å². The highest BCUT2D eigenvalue weighted by atomic mass is 16.5. The lowest BCUT2D eigenvalue weighted by Gasteiger charge is -2.36. The van der Waals surface area contributed by atoms with Crippen LogP contribution < -0.4 is 15.0 Å². The molecule has 1 aliphatic heterocycles. The fourth-order valence-electron chi connectivity index (χ4n) is 4.37. The number of para-hydroxylation sites is 1. The van der Waals surface area contributed by atoms with Crippen molar-refractivity contribution in [1.29, 1.82) is 0 Å². The Kier molecular flexibility index (Phi) is 6.89. The van der Waals surface area contributed by atoms with Crippen molar-refractivity contribution in [3.63, 3.8) is 0 Å². The van der Waals surface area contributed by atoms with Crippen molar-refractivity contribution in [2.24, 2.45) is 0 Å². The minimum Gasteiger partial charge on any atom is -0.481 e. The van der Waals surface area contributed by atoms with Crippen LogP contribution in [0.5, 0.6) is 5.75 Å². The summed E-state index contributed by atoms with van der Waals surface area (Å²) < 4.78 is 5.81. The molecule has 2 aliphatic rings. The van der Waals surface area contributed by atoms with Gasteiger partial charge in [0.15, 0.2) is 6.10 Å². The van der Waals surface area contributed by atoms with Crippen LogP contribution in [-0.4, -0.2) is 59.1 Å². The quantitative estimate of drug-likeness (QED) is 0.765. The first kappa shape index (κ1) is 21.4. The second-order valence-corrected chi connectivity index (χ2v) is 8.56. The summed E-state index contributed by atoms with van der Waals surface area (Å²) in [5.41, 5.74) is 0.965. The number of nitrogens with zero attached hydrogens (tertiary/aromatic N) is 4. The molecule has 4 rings (SSSR count). The monoisotopic (exact) mass is 423 g/mol. The van der Waals surface area contributed by atoms with Crippen LogP contribution in [-0.2, 0) is 4.79 Å². The molecule has 1 saturated carbocycles. The van der Waals surface area contributed by atoms with Gasteiger partial charge >= 0.3 is 0 Å². The van der Waals surface area contributed by atoms with Crippen molar-refractivity contribution in [3.8, 4) is 5.75 Å². The third kappa shape index (κ3) is 5.66. The summed E-state index contributed by atoms with van der Waals surface area (Å²) in [4.78, 5) is 26.3. The van der Waals surface area contributed by atoms with Crippen LogP contribution in [0.2, 0.25) is 0 Å². The number of hydrogen-bond donors (Lipinski definition) is 1. The molecule has 1 aromatic heterocycles. The molecule has 2 heterocycles. The van der Waals surface area contributed by atoms with E-state index in [1.807, 2.05) is 55.1 Å². The molecule has 1 atom stereocenters. The third-order valence-electron chi connectivity index (χ3n) is 6.10. The fourth-order valence-corrected chi connectivity index (χ4v) is 4.37. The van der Waals surface area contributed by atoms with Crippen molar-refractivity contribution in [2.75, 3.05) is 36.4 Å². The van der Waals surface area contributed by atoms with Crippen molar-refractivity contribution in [2.45, 2.75) is 58.1 Å². The molecule has 1 aliphatic carbocycles. The second kappa shape index (κ2) is 9.98. The number of benzene rings is 1. The lowest BCUT2D eigenvalue weighted by Crippen LogP contribution is -2.52. The first-order chi connectivity index (χ1) is 15.1. The van der Waals surface area contributed by atoms with E-state index in [1.165, 1.54) is 32.1 Å². The molecule has 7 heteroatoms. The van der Waals surface area contributed by atoms with Gasteiger partial charge in [0.1, 0.15) is 11.6 Å². The van der Waals surface area contributed by atoms with E-state index in [-0.39, 0.29) is 5.91 Å². The topological polar surface area (TPSA) is 70.6 Å². The SMILES string of the molecule is Cc1cc(N2CCN(C(=O)C(C)Oc3ccccc3)CC2)nc(NC2CCCCC2)n1. The van der Waals surface area contributed by atoms with E-state index in [4.69, 9.17) is 9.72 Å². The summed E-state index contributed by atoms with van der Waals surface area (Å²) in [6.45, 7) is 6.66. The van der Waals surface area contributed by atoms with Crippen molar-refractivity contribution in [3.05, 3.63) is 42.1 Å². The van der Waals surface area contributed by atoms with Crippen LogP contribution in [0.15, 0.2) is 36.4 Å². The number of anilines is 2. The Morgan fingerprint density at radius 1 is 1.06 bits per heavy atom. The molecule has 7 nitrogen and oxygen atoms in total. The third-order valence-corrected chi connectivity index (χ3v) is 6.10. The maximum Gasteiger partial charge on any atom is 0.263 e. The van der Waals surface area contributed by atoms with Gasteiger partial charge in [0.2, 0.25) is 5.95 Å². The highest BCUT2D eigenvalue weighted by Gasteiger charge is 2.27. The zero-order chi connectivity index (χ0) is 21.6. The predicted octanol–water partition coefficient (Wildman–Crippen LogP) is 3.65. The van der Waals surface area contributed by atoms with E-state index >= 15 is 0 Å². The Bertz CT molecular complexity index is 862. The molecule has 1 N–H and O–H groups in total. The number of aromatic nitrogens is 2. The summed E-state index contributed by atoms with van der Waals surface area (Å²) in [6.07, 6.45) is 5.77. The van der Waals surface area contributed by atoms with Gasteiger partial charge in [-0.2, -0.15) is 4.98 Å². The van der Waals surface area contributed by atoms with Crippen LogP contribution in [0.25, 0.3) is 0 Å². The highest BCUT2D eigenvalue weighted by Crippen LogP contribution is 2.23. The summed E-state index contributed by atoms with van der Waals surface area (Å²) in [5.74, 6) is 2.41. The van der Waals surface area contributed by atoms with Crippen LogP contribution in [0, 0.1) is 6.92 Å². The Morgan fingerprint density at radius 2 is 1.77 bits per heavy atom. The number of carbonyl (C=O) groups is 1. The fraction of sp³-hybridized carbons (Fsp3) is 0.542. The lowest BCUT2D eigenvalue weighted by atomic mass is 9.96. The van der Waals surface area contributed by atoms with Gasteiger partial charge in [0, 0.05) is 44.0 Å². The Labute approximate surface area is 184 Å². The van der Waals surface area contributed by atoms with Crippen LogP contribution in [0.4, 0.5) is 11.8 Å². The number of rotatable bonds is 6. The van der Waals surface area contributed by atoms with Crippen molar-refractivity contribution >= 4 is 17.7 Å². The smallest absolute Gasteiger partial charge is 0.263 e. The number of nitrogens with one attached hydrogen (secondary N) is 1. The van der Waals surface area contributed by atoms with E-state index in [9.17, 15) is 4.79 Å². The lowest BCUT2D eigenvalue weighted by molar-refractivity contribution is -0.138. The molecule has 0 bridgehead atoms. The Balaban J connectivity index is 1.33. The van der Waals surface area contributed by atoms with E-state index in [1.54, 1.807) is 0 Å². The molecule has 0 spiro atoms. The molecular formula is C24H33N5O2. The van der Waals surface area contributed by atoms with Gasteiger partial charge in [-0.15, -0.1) is 0 Å². The maximum absolute atomic E-state index is 12.8. The molecule has 0 radical (unpaired) electrons. The van der Waals surface area contributed by atoms with Crippen molar-refractivity contribution < 1.29 is 9.53 Å². The average molecular weight is 424 g/mol. The summed E-state index contributed by atoms with van der Waals surface area (Å²) in [7, 11) is 0. The Hall–Kier alpha value is -2.83. The molecule has 166 valence electrons. The van der Waals surface area contributed by atoms with E-state index in [0.29, 0.717) is 19.1 Å². The number of carbonyl (C=O) groups excluding carboxylic acids is 1. The molecule has 31 heavy (non-hydrogen) atoms. The number of ether oxygens (including phenoxy) is 1. The molecule has 1 saturated heterocycles. The standard InChI is InChI=1S/C24H33N5O2/c1-18-17-22(27-24(25-18)26-20-9-5-3-6-10-20)28-13-15-29(16-14-28)23(30)19(2)31-21-11-7-4-8-12-21/h4,7-8,11-12,17,19-20H,3,5-6,9-10,13-16H2,1-2H3,(H,25,26,27). The van der Waals surface area contributed by atoms with Gasteiger partial charge in [-0.25, -0.2) is 4.98 Å². The maximum atomic E-state index is 12.8. The first-order valence-corrected chi connectivity index (χ1v) is 11.5. The van der Waals surface area contributed by atoms with Gasteiger partial charge < -0.3 is 19.9 Å². The van der Waals surface area contributed by atoms with Crippen LogP contribution in [0.3, 0.4) is 0 Å². The molecule has 1 amide bonds. The molecular weight excluding hydrogens is 390 g/mol. The molecule has 2 fully saturated rings. The molecule has 1 aromatic carbocycles. The largest absolute Gasteiger partial charge is 0.481 e. The number of piperazine rings is 1. The minimum absolute atomic E-state index is 0.0297. The summed E-state index contributed by atoms with van der Waals surface area (Å²) in [5, 5.41) is 3.54. The zero-order valence-corrected chi connectivity index (χ0v) is 18.6. The van der Waals surface area contributed by atoms with E-state index < -0.39 is 6.10 Å². The number of hydrogen-bond acceptors (Lipinski definition) is 6. The summed E-state index contributed by atoms with van der Waals surface area (Å²) >= 11 is 0. The van der Waals surface area contributed by atoms with Gasteiger partial charge in [-0.3, -0.25) is 4.79 Å². The zero-order valence-electron chi connectivity index (χ0n) is 18.6. The normalized spacial score (nSPS) is 18.5. The summed E-state index contributed by atoms with van der Waals surface area (Å²) in [6, 6.07) is 12.0. The predicted molar refractivity (Wildman–Crippen MR) is 123 cm³/mol.